The van der Waals surface area contributed by atoms with Gasteiger partial charge in [0.2, 0.25) is 0 Å². The zero-order valence-corrected chi connectivity index (χ0v) is 33.1. The maximum atomic E-state index is 13.1. The molecule has 0 aromatic heterocycles. The number of nitrogens with zero attached hydrogens (tertiary/aromatic N) is 2. The summed E-state index contributed by atoms with van der Waals surface area (Å²) in [6, 6.07) is 2.62. The third-order valence-corrected chi connectivity index (χ3v) is 12.7. The summed E-state index contributed by atoms with van der Waals surface area (Å²) in [5.74, 6) is 0.00919. The molecule has 0 bridgehead atoms. The summed E-state index contributed by atoms with van der Waals surface area (Å²) >= 11 is 0. The van der Waals surface area contributed by atoms with Crippen molar-refractivity contribution < 1.29 is 67.5 Å². The van der Waals surface area contributed by atoms with Gasteiger partial charge in [0.15, 0.2) is 12.6 Å². The topological polar surface area (TPSA) is 344 Å². The van der Waals surface area contributed by atoms with Gasteiger partial charge in [-0.05, 0) is 69.9 Å². The van der Waals surface area contributed by atoms with Gasteiger partial charge in [-0.25, -0.2) is 12.8 Å². The second-order valence-corrected chi connectivity index (χ2v) is 17.0. The molecule has 330 valence electrons. The van der Waals surface area contributed by atoms with Crippen LogP contribution in [-0.4, -0.2) is 186 Å². The molecule has 4 aliphatic heterocycles. The van der Waals surface area contributed by atoms with Crippen LogP contribution in [0.1, 0.15) is 44.6 Å². The largest absolute Gasteiger partial charge is 0.394 e. The first-order valence-electron chi connectivity index (χ1n) is 19.5. The number of piperidine rings is 1. The van der Waals surface area contributed by atoms with Crippen LogP contribution in [0.3, 0.4) is 0 Å². The number of nitrogens with two attached hydrogens (primary N) is 4. The molecule has 22 heteroatoms. The number of aliphatic hydroxyl groups excluding tert-OH is 7. The van der Waals surface area contributed by atoms with Crippen molar-refractivity contribution in [3.63, 3.8) is 0 Å². The van der Waals surface area contributed by atoms with Gasteiger partial charge in [0.1, 0.15) is 77.6 Å². The van der Waals surface area contributed by atoms with Crippen molar-refractivity contribution in [2.75, 3.05) is 39.3 Å². The standard InChI is InChI=1S/C18H24FN3O2S.C18H36N4O11/c1-14-17(15-6-8-16(19)9-7-15)25(23,24)21-18(14)20-10-5-13-22-11-3-2-4-12-22;19-2-6-10(25)12(27)13(28)18(30-6)33-16-5(21)1-4(20)15(14(16)29)32-17-11(26)8(22)9(24)7(3-23)31-17/h6-9H,2-5,10-13H2,1H3,(H,20,21);4-18,23-29H,1-3,19-22H2/t;4-,5+,6-,7-,8+,9-,10-,11-,12+,13-,14-,15+,16-,17-,18-/m.1/s1. The van der Waals surface area contributed by atoms with E-state index in [2.05, 4.69) is 14.6 Å². The second-order valence-electron chi connectivity index (χ2n) is 15.3. The zero-order valence-electron chi connectivity index (χ0n) is 32.3. The van der Waals surface area contributed by atoms with Crippen LogP contribution in [-0.2, 0) is 29.0 Å². The van der Waals surface area contributed by atoms with Crippen molar-refractivity contribution in [2.45, 2.75) is 131 Å². The van der Waals surface area contributed by atoms with Crippen LogP contribution in [0.5, 0.6) is 0 Å². The Balaban J connectivity index is 0.000000229. The van der Waals surface area contributed by atoms with Crippen molar-refractivity contribution >= 4 is 20.8 Å². The second kappa shape index (κ2) is 20.5. The Hall–Kier alpha value is -2.33. The number of benzene rings is 1. The number of sulfonamides is 1. The van der Waals surface area contributed by atoms with E-state index in [-0.39, 0.29) is 17.9 Å². The minimum Gasteiger partial charge on any atom is -0.394 e. The number of nitrogens with one attached hydrogen (secondary N) is 1. The summed E-state index contributed by atoms with van der Waals surface area (Å²) < 4.78 is 62.6. The number of aliphatic imine (C=N–C) groups is 1. The van der Waals surface area contributed by atoms with E-state index >= 15 is 0 Å². The third-order valence-electron chi connectivity index (χ3n) is 11.1. The van der Waals surface area contributed by atoms with E-state index in [1.54, 1.807) is 6.92 Å². The average molecular weight is 850 g/mol. The number of halogens is 1. The van der Waals surface area contributed by atoms with Crippen LogP contribution >= 0.6 is 0 Å². The Bertz CT molecular complexity index is 1610. The molecule has 15 atom stereocenters. The molecule has 4 fully saturated rings. The molecule has 1 aliphatic carbocycles. The normalized spacial score (nSPS) is 40.2. The quantitative estimate of drug-likeness (QED) is 0.0933. The lowest BCUT2D eigenvalue weighted by Crippen LogP contribution is -2.68. The monoisotopic (exact) mass is 849 g/mol. The number of hydrogen-bond donors (Lipinski definition) is 12. The van der Waals surface area contributed by atoms with Crippen molar-refractivity contribution in [2.24, 2.45) is 27.9 Å². The van der Waals surface area contributed by atoms with Crippen LogP contribution in [0.25, 0.3) is 4.91 Å². The molecule has 1 saturated carbocycles. The molecule has 0 unspecified atom stereocenters. The molecule has 0 amide bonds. The van der Waals surface area contributed by atoms with Crippen LogP contribution < -0.4 is 27.7 Å². The molecule has 1 aromatic rings. The highest BCUT2D eigenvalue weighted by Gasteiger charge is 2.51. The summed E-state index contributed by atoms with van der Waals surface area (Å²) in [6.07, 6.45) is -11.7. The summed E-state index contributed by atoms with van der Waals surface area (Å²) in [5.41, 5.74) is 24.6. The van der Waals surface area contributed by atoms with E-state index in [1.807, 2.05) is 0 Å². The van der Waals surface area contributed by atoms with Gasteiger partial charge < -0.3 is 82.5 Å². The molecule has 5 aliphatic rings. The minimum absolute atomic E-state index is 0.0849. The highest BCUT2D eigenvalue weighted by atomic mass is 32.2. The number of rotatable bonds is 11. The minimum atomic E-state index is -3.64. The van der Waals surface area contributed by atoms with Gasteiger partial charge in [-0.2, -0.15) is 0 Å². The van der Waals surface area contributed by atoms with Gasteiger partial charge in [-0.1, -0.05) is 18.6 Å². The summed E-state index contributed by atoms with van der Waals surface area (Å²) in [4.78, 5) is 7.07. The van der Waals surface area contributed by atoms with E-state index in [0.29, 0.717) is 23.5 Å². The molecule has 0 spiro atoms. The molecule has 1 aromatic carbocycles. The highest BCUT2D eigenvalue weighted by Crippen LogP contribution is 2.32. The molecule has 6 rings (SSSR count). The van der Waals surface area contributed by atoms with Crippen molar-refractivity contribution in [3.8, 4) is 0 Å². The van der Waals surface area contributed by atoms with E-state index in [4.69, 9.17) is 41.9 Å². The predicted molar refractivity (Wildman–Crippen MR) is 206 cm³/mol. The first kappa shape index (κ1) is 46.7. The van der Waals surface area contributed by atoms with Crippen molar-refractivity contribution in [1.29, 1.82) is 0 Å². The van der Waals surface area contributed by atoms with Crippen LogP contribution in [0.4, 0.5) is 4.39 Å². The fourth-order valence-corrected chi connectivity index (χ4v) is 9.28. The number of likely N-dealkylation sites (tertiary alicyclic amines) is 1. The average Bonchev–Trinajstić information content (AvgIpc) is 3.43. The fraction of sp³-hybridized carbons (Fsp3) is 0.750. The Morgan fingerprint density at radius 3 is 2.02 bits per heavy atom. The van der Waals surface area contributed by atoms with Crippen LogP contribution in [0.2, 0.25) is 0 Å². The van der Waals surface area contributed by atoms with E-state index in [0.717, 1.165) is 26.1 Å². The molecule has 16 N–H and O–H groups in total. The van der Waals surface area contributed by atoms with E-state index in [1.165, 1.54) is 43.5 Å². The molecule has 3 saturated heterocycles. The number of ether oxygens (including phenoxy) is 4. The van der Waals surface area contributed by atoms with Gasteiger partial charge in [0.25, 0.3) is 10.0 Å². The fourth-order valence-electron chi connectivity index (χ4n) is 7.76. The molecular formula is C36H60FN7O13S. The number of hydrogen-bond acceptors (Lipinski definition) is 19. The van der Waals surface area contributed by atoms with E-state index < -0.39 is 114 Å². The molecule has 0 radical (unpaired) electrons. The first-order chi connectivity index (χ1) is 27.5. The lowest BCUT2D eigenvalue weighted by Gasteiger charge is -2.48. The predicted octanol–water partition coefficient (Wildman–Crippen LogP) is -4.53. The lowest BCUT2D eigenvalue weighted by molar-refractivity contribution is -0.332. The highest BCUT2D eigenvalue weighted by molar-refractivity contribution is 8.00. The van der Waals surface area contributed by atoms with Gasteiger partial charge >= 0.3 is 0 Å². The summed E-state index contributed by atoms with van der Waals surface area (Å²) in [5, 5.41) is 70.9. The molecular weight excluding hydrogens is 789 g/mol. The third kappa shape index (κ3) is 10.8. The molecule has 20 nitrogen and oxygen atoms in total. The SMILES string of the molecule is CC1=C(c2ccc(F)cc2)S(=O)(=O)NC1=NCCCN1CCCCC1.NC[C@H]1O[C@H](O[C@H]2[C@H](O)[C@@H](O[C@H]3O[C@H](CO)[C@@H](O)[C@H](N)[C@H]3O)[C@H](N)C[C@@H]2N)[C@H](O)[C@@H](O)[C@@H]1O. The zero-order chi connectivity index (χ0) is 42.5. The Kier molecular flexibility index (Phi) is 16.5. The van der Waals surface area contributed by atoms with Gasteiger partial charge in [0, 0.05) is 30.7 Å². The number of amidine groups is 1. The Labute approximate surface area is 336 Å². The van der Waals surface area contributed by atoms with Crippen LogP contribution in [0, 0.1) is 5.82 Å². The Morgan fingerprint density at radius 2 is 1.43 bits per heavy atom. The smallest absolute Gasteiger partial charge is 0.264 e. The first-order valence-corrected chi connectivity index (χ1v) is 21.0. The summed E-state index contributed by atoms with van der Waals surface area (Å²) in [7, 11) is -3.64. The van der Waals surface area contributed by atoms with Gasteiger partial charge in [-0.3, -0.25) is 9.71 Å². The van der Waals surface area contributed by atoms with Crippen molar-refractivity contribution in [3.05, 3.63) is 41.2 Å². The maximum absolute atomic E-state index is 13.1. The molecule has 58 heavy (non-hydrogen) atoms. The van der Waals surface area contributed by atoms with Crippen molar-refractivity contribution in [1.82, 2.24) is 9.62 Å². The molecule has 4 heterocycles. The van der Waals surface area contributed by atoms with E-state index in [9.17, 15) is 48.6 Å². The van der Waals surface area contributed by atoms with Gasteiger partial charge in [0.05, 0.1) is 12.6 Å². The summed E-state index contributed by atoms with van der Waals surface area (Å²) in [6.45, 7) is 4.85. The maximum Gasteiger partial charge on any atom is 0.264 e. The van der Waals surface area contributed by atoms with Gasteiger partial charge in [-0.15, -0.1) is 0 Å². The van der Waals surface area contributed by atoms with Crippen LogP contribution in [0.15, 0.2) is 34.8 Å². The Morgan fingerprint density at radius 1 is 0.845 bits per heavy atom. The number of aliphatic hydroxyl groups is 7. The lowest BCUT2D eigenvalue weighted by atomic mass is 9.84.